The van der Waals surface area contributed by atoms with E-state index in [1.54, 1.807) is 6.07 Å². The van der Waals surface area contributed by atoms with Gasteiger partial charge in [0.1, 0.15) is 5.82 Å². The summed E-state index contributed by atoms with van der Waals surface area (Å²) in [7, 11) is -3.74. The molecule has 2 aromatic carbocycles. The van der Waals surface area contributed by atoms with E-state index in [-0.39, 0.29) is 16.1 Å². The highest BCUT2D eigenvalue weighted by molar-refractivity contribution is 9.10. The van der Waals surface area contributed by atoms with Gasteiger partial charge in [0.25, 0.3) is 0 Å². The molecule has 0 amide bonds. The summed E-state index contributed by atoms with van der Waals surface area (Å²) in [6, 6.07) is 8.33. The first-order valence-corrected chi connectivity index (χ1v) is 8.33. The predicted octanol–water partition coefficient (Wildman–Crippen LogP) is 3.80. The van der Waals surface area contributed by atoms with Crippen LogP contribution in [0, 0.1) is 5.82 Å². The average Bonchev–Trinajstić information content (AvgIpc) is 2.32. The fourth-order valence-electron chi connectivity index (χ4n) is 1.72. The van der Waals surface area contributed by atoms with Gasteiger partial charge < -0.3 is 5.73 Å². The zero-order valence-corrected chi connectivity index (χ0v) is 13.3. The second-order valence-electron chi connectivity index (χ2n) is 4.18. The van der Waals surface area contributed by atoms with Crippen LogP contribution in [-0.2, 0) is 15.6 Å². The van der Waals surface area contributed by atoms with Crippen LogP contribution in [0.5, 0.6) is 0 Å². The molecule has 0 atom stereocenters. The highest BCUT2D eigenvalue weighted by Crippen LogP contribution is 2.26. The molecule has 0 bridgehead atoms. The summed E-state index contributed by atoms with van der Waals surface area (Å²) in [6.07, 6.45) is 0. The van der Waals surface area contributed by atoms with Crippen LogP contribution in [0.25, 0.3) is 0 Å². The monoisotopic (exact) mass is 377 g/mol. The third kappa shape index (κ3) is 3.31. The van der Waals surface area contributed by atoms with Crippen LogP contribution in [-0.4, -0.2) is 8.42 Å². The van der Waals surface area contributed by atoms with Crippen molar-refractivity contribution in [3.8, 4) is 0 Å². The van der Waals surface area contributed by atoms with E-state index in [2.05, 4.69) is 15.9 Å². The Morgan fingerprint density at radius 3 is 2.50 bits per heavy atom. The third-order valence-corrected chi connectivity index (χ3v) is 5.13. The Labute approximate surface area is 129 Å². The molecule has 0 saturated carbocycles. The molecule has 0 spiro atoms. The molecule has 20 heavy (non-hydrogen) atoms. The fraction of sp³-hybridized carbons (Fsp3) is 0.0769. The molecular weight excluding hydrogens is 369 g/mol. The summed E-state index contributed by atoms with van der Waals surface area (Å²) >= 11 is 8.85. The summed E-state index contributed by atoms with van der Waals surface area (Å²) < 4.78 is 38.8. The van der Waals surface area contributed by atoms with Gasteiger partial charge in [-0.15, -0.1) is 0 Å². The minimum absolute atomic E-state index is 0.0509. The Kier molecular flexibility index (Phi) is 4.36. The zero-order valence-electron chi connectivity index (χ0n) is 10.1. The second kappa shape index (κ2) is 5.71. The molecule has 2 N–H and O–H groups in total. The van der Waals surface area contributed by atoms with Crippen molar-refractivity contribution in [1.82, 2.24) is 0 Å². The van der Waals surface area contributed by atoms with Crippen LogP contribution in [0.1, 0.15) is 5.56 Å². The SMILES string of the molecule is Nc1cc(Cl)ccc1S(=O)(=O)Cc1ccc(Br)cc1F. The first kappa shape index (κ1) is 15.3. The zero-order chi connectivity index (χ0) is 14.9. The first-order chi connectivity index (χ1) is 9.29. The topological polar surface area (TPSA) is 60.2 Å². The third-order valence-electron chi connectivity index (χ3n) is 2.67. The van der Waals surface area contributed by atoms with E-state index in [9.17, 15) is 12.8 Å². The van der Waals surface area contributed by atoms with Gasteiger partial charge in [0.05, 0.1) is 16.3 Å². The van der Waals surface area contributed by atoms with Gasteiger partial charge in [-0.3, -0.25) is 0 Å². The van der Waals surface area contributed by atoms with Crippen molar-refractivity contribution in [2.75, 3.05) is 5.73 Å². The molecule has 7 heteroatoms. The van der Waals surface area contributed by atoms with Crippen molar-refractivity contribution >= 4 is 43.1 Å². The van der Waals surface area contributed by atoms with E-state index in [1.165, 1.54) is 30.3 Å². The van der Waals surface area contributed by atoms with Crippen LogP contribution >= 0.6 is 27.5 Å². The lowest BCUT2D eigenvalue weighted by Gasteiger charge is -2.09. The van der Waals surface area contributed by atoms with E-state index in [0.717, 1.165) is 0 Å². The lowest BCUT2D eigenvalue weighted by Crippen LogP contribution is -2.09. The lowest BCUT2D eigenvalue weighted by atomic mass is 10.2. The molecule has 106 valence electrons. The summed E-state index contributed by atoms with van der Waals surface area (Å²) in [4.78, 5) is -0.0516. The van der Waals surface area contributed by atoms with E-state index in [1.807, 2.05) is 0 Å². The van der Waals surface area contributed by atoms with E-state index < -0.39 is 21.4 Å². The van der Waals surface area contributed by atoms with E-state index in [4.69, 9.17) is 17.3 Å². The van der Waals surface area contributed by atoms with E-state index in [0.29, 0.717) is 9.50 Å². The molecule has 3 nitrogen and oxygen atoms in total. The summed E-state index contributed by atoms with van der Waals surface area (Å²) in [6.45, 7) is 0. The standard InChI is InChI=1S/C13H10BrClFNO2S/c14-9-2-1-8(11(16)5-9)7-20(18,19)13-4-3-10(15)6-12(13)17/h1-6H,7,17H2. The molecule has 0 saturated heterocycles. The molecule has 0 aliphatic carbocycles. The maximum Gasteiger partial charge on any atom is 0.184 e. The largest absolute Gasteiger partial charge is 0.398 e. The van der Waals surface area contributed by atoms with Crippen LogP contribution in [0.2, 0.25) is 5.02 Å². The van der Waals surface area contributed by atoms with Gasteiger partial charge in [-0.05, 0) is 30.3 Å². The second-order valence-corrected chi connectivity index (χ2v) is 7.49. The van der Waals surface area contributed by atoms with Crippen LogP contribution in [0.3, 0.4) is 0 Å². The number of nitrogen functional groups attached to an aromatic ring is 1. The molecule has 2 aromatic rings. The number of anilines is 1. The van der Waals surface area contributed by atoms with Gasteiger partial charge in [-0.25, -0.2) is 12.8 Å². The Morgan fingerprint density at radius 1 is 1.20 bits per heavy atom. The van der Waals surface area contributed by atoms with Gasteiger partial charge in [-0.2, -0.15) is 0 Å². The number of rotatable bonds is 3. The van der Waals surface area contributed by atoms with Crippen molar-refractivity contribution in [2.24, 2.45) is 0 Å². The van der Waals surface area contributed by atoms with Gasteiger partial charge in [0.2, 0.25) is 0 Å². The number of hydrogen-bond acceptors (Lipinski definition) is 3. The lowest BCUT2D eigenvalue weighted by molar-refractivity contribution is 0.587. The van der Waals surface area contributed by atoms with Gasteiger partial charge in [0.15, 0.2) is 9.84 Å². The quantitative estimate of drug-likeness (QED) is 0.827. The minimum Gasteiger partial charge on any atom is -0.398 e. The normalized spacial score (nSPS) is 11.6. The average molecular weight is 379 g/mol. The highest BCUT2D eigenvalue weighted by Gasteiger charge is 2.20. The van der Waals surface area contributed by atoms with Crippen molar-refractivity contribution in [1.29, 1.82) is 0 Å². The molecular formula is C13H10BrClFNO2S. The number of hydrogen-bond donors (Lipinski definition) is 1. The van der Waals surface area contributed by atoms with Gasteiger partial charge in [-0.1, -0.05) is 33.6 Å². The Balaban J connectivity index is 2.41. The molecule has 0 aliphatic heterocycles. The number of benzene rings is 2. The Hall–Kier alpha value is -1.11. The van der Waals surface area contributed by atoms with E-state index >= 15 is 0 Å². The Bertz CT molecular complexity index is 765. The molecule has 2 rings (SSSR count). The summed E-state index contributed by atoms with van der Waals surface area (Å²) in [5, 5.41) is 0.344. The molecule has 0 aromatic heterocycles. The summed E-state index contributed by atoms with van der Waals surface area (Å²) in [5.41, 5.74) is 5.80. The van der Waals surface area contributed by atoms with Crippen molar-refractivity contribution in [2.45, 2.75) is 10.6 Å². The van der Waals surface area contributed by atoms with Crippen LogP contribution < -0.4 is 5.73 Å². The molecule has 0 unspecified atom stereocenters. The number of halogens is 3. The van der Waals surface area contributed by atoms with Crippen molar-refractivity contribution in [3.05, 3.63) is 57.3 Å². The maximum atomic E-state index is 13.7. The Morgan fingerprint density at radius 2 is 1.90 bits per heavy atom. The molecule has 0 heterocycles. The number of sulfone groups is 1. The predicted molar refractivity (Wildman–Crippen MR) is 80.9 cm³/mol. The first-order valence-electron chi connectivity index (χ1n) is 5.51. The summed E-state index contributed by atoms with van der Waals surface area (Å²) in [5.74, 6) is -1.05. The van der Waals surface area contributed by atoms with Crippen LogP contribution in [0.15, 0.2) is 45.8 Å². The fourth-order valence-corrected chi connectivity index (χ4v) is 3.73. The highest BCUT2D eigenvalue weighted by atomic mass is 79.9. The van der Waals surface area contributed by atoms with Gasteiger partial charge in [0, 0.05) is 15.1 Å². The molecule has 0 aliphatic rings. The van der Waals surface area contributed by atoms with Gasteiger partial charge >= 0.3 is 0 Å². The molecule has 0 fully saturated rings. The van der Waals surface area contributed by atoms with Crippen molar-refractivity contribution in [3.63, 3.8) is 0 Å². The smallest absolute Gasteiger partial charge is 0.184 e. The number of nitrogens with two attached hydrogens (primary N) is 1. The minimum atomic E-state index is -3.74. The molecule has 0 radical (unpaired) electrons. The maximum absolute atomic E-state index is 13.7. The van der Waals surface area contributed by atoms with Crippen LogP contribution in [0.4, 0.5) is 10.1 Å². The van der Waals surface area contributed by atoms with Crippen molar-refractivity contribution < 1.29 is 12.8 Å².